The third-order valence-corrected chi connectivity index (χ3v) is 5.63. The lowest BCUT2D eigenvalue weighted by molar-refractivity contribution is -0.121. The van der Waals surface area contributed by atoms with Crippen molar-refractivity contribution < 1.29 is 18.7 Å². The molecule has 1 amide bonds. The van der Waals surface area contributed by atoms with Gasteiger partial charge in [0.05, 0.1) is 14.2 Å². The van der Waals surface area contributed by atoms with Crippen LogP contribution in [0.2, 0.25) is 0 Å². The van der Waals surface area contributed by atoms with Crippen LogP contribution in [-0.4, -0.2) is 31.2 Å². The monoisotopic (exact) mass is 434 g/mol. The third kappa shape index (κ3) is 4.46. The lowest BCUT2D eigenvalue weighted by Gasteiger charge is -2.11. The summed E-state index contributed by atoms with van der Waals surface area (Å²) in [7, 11) is 3.22. The van der Waals surface area contributed by atoms with Gasteiger partial charge in [-0.15, -0.1) is 0 Å². The molecule has 2 aromatic heterocycles. The zero-order valence-electron chi connectivity index (χ0n) is 18.4. The van der Waals surface area contributed by atoms with Gasteiger partial charge in [-0.3, -0.25) is 4.79 Å². The van der Waals surface area contributed by atoms with E-state index in [2.05, 4.69) is 9.88 Å². The molecule has 0 saturated carbocycles. The molecular weight excluding hydrogens is 408 g/mol. The van der Waals surface area contributed by atoms with Gasteiger partial charge in [-0.25, -0.2) is 4.79 Å². The number of benzene rings is 2. The number of hydrogen-bond acceptors (Lipinski definition) is 5. The van der Waals surface area contributed by atoms with Gasteiger partial charge in [0.1, 0.15) is 17.1 Å². The molecule has 0 radical (unpaired) electrons. The Labute approximate surface area is 185 Å². The average Bonchev–Trinajstić information content (AvgIpc) is 3.19. The first kappa shape index (κ1) is 21.5. The molecule has 0 saturated heterocycles. The van der Waals surface area contributed by atoms with E-state index >= 15 is 0 Å². The summed E-state index contributed by atoms with van der Waals surface area (Å²) in [5, 5.41) is 4.93. The molecule has 1 N–H and O–H groups in total. The van der Waals surface area contributed by atoms with Crippen molar-refractivity contribution in [1.82, 2.24) is 9.88 Å². The van der Waals surface area contributed by atoms with E-state index in [4.69, 9.17) is 13.9 Å². The van der Waals surface area contributed by atoms with Crippen LogP contribution in [-0.2, 0) is 17.8 Å². The first-order chi connectivity index (χ1) is 15.5. The predicted octanol–water partition coefficient (Wildman–Crippen LogP) is 3.82. The number of rotatable bonds is 8. The summed E-state index contributed by atoms with van der Waals surface area (Å²) < 4.78 is 18.1. The number of carbonyl (C=O) groups is 1. The van der Waals surface area contributed by atoms with Crippen LogP contribution in [0.3, 0.4) is 0 Å². The van der Waals surface area contributed by atoms with E-state index in [1.165, 1.54) is 6.07 Å². The van der Waals surface area contributed by atoms with Crippen molar-refractivity contribution in [1.29, 1.82) is 0 Å². The summed E-state index contributed by atoms with van der Waals surface area (Å²) in [4.78, 5) is 24.1. The van der Waals surface area contributed by atoms with Crippen molar-refractivity contribution in [3.63, 3.8) is 0 Å². The standard InChI is InChI=1S/C25H26N2O5/c1-16-12-25(29)32-23-15-22(31-3)18(14-20(16)23)4-7-24(28)26-9-11-27-10-8-17-13-19(30-2)5-6-21(17)27/h5-6,8,10,12-15H,4,7,9,11H2,1-3H3,(H,26,28). The van der Waals surface area contributed by atoms with Gasteiger partial charge in [-0.1, -0.05) is 0 Å². The quantitative estimate of drug-likeness (QED) is 0.426. The Kier molecular flexibility index (Phi) is 6.16. The van der Waals surface area contributed by atoms with Gasteiger partial charge >= 0.3 is 5.63 Å². The highest BCUT2D eigenvalue weighted by Crippen LogP contribution is 2.28. The Hall–Kier alpha value is -3.74. The highest BCUT2D eigenvalue weighted by molar-refractivity contribution is 5.83. The Morgan fingerprint density at radius 2 is 1.94 bits per heavy atom. The maximum absolute atomic E-state index is 12.4. The van der Waals surface area contributed by atoms with Gasteiger partial charge in [0.2, 0.25) is 5.91 Å². The largest absolute Gasteiger partial charge is 0.497 e. The first-order valence-electron chi connectivity index (χ1n) is 10.5. The molecule has 4 rings (SSSR count). The van der Waals surface area contributed by atoms with E-state index in [0.717, 1.165) is 33.2 Å². The van der Waals surface area contributed by atoms with E-state index in [9.17, 15) is 9.59 Å². The van der Waals surface area contributed by atoms with Crippen LogP contribution in [0.15, 0.2) is 57.9 Å². The van der Waals surface area contributed by atoms with Gasteiger partial charge in [-0.05, 0) is 54.8 Å². The molecule has 0 spiro atoms. The van der Waals surface area contributed by atoms with Crippen LogP contribution < -0.4 is 20.4 Å². The zero-order chi connectivity index (χ0) is 22.7. The first-order valence-corrected chi connectivity index (χ1v) is 10.5. The zero-order valence-corrected chi connectivity index (χ0v) is 18.4. The molecule has 0 unspecified atom stereocenters. The average molecular weight is 434 g/mol. The molecule has 166 valence electrons. The SMILES string of the molecule is COc1ccc2c(ccn2CCNC(=O)CCc2cc3c(C)cc(=O)oc3cc2OC)c1. The molecule has 0 bridgehead atoms. The summed E-state index contributed by atoms with van der Waals surface area (Å²) in [5.41, 5.74) is 2.93. The van der Waals surface area contributed by atoms with Gasteiger partial charge in [-0.2, -0.15) is 0 Å². The maximum Gasteiger partial charge on any atom is 0.336 e. The van der Waals surface area contributed by atoms with Gasteiger partial charge in [0.15, 0.2) is 0 Å². The molecular formula is C25H26N2O5. The summed E-state index contributed by atoms with van der Waals surface area (Å²) in [6, 6.07) is 13.1. The molecule has 2 heterocycles. The smallest absolute Gasteiger partial charge is 0.336 e. The normalized spacial score (nSPS) is 11.1. The highest BCUT2D eigenvalue weighted by atomic mass is 16.5. The van der Waals surface area contributed by atoms with E-state index < -0.39 is 5.63 Å². The Balaban J connectivity index is 1.37. The molecule has 2 aromatic carbocycles. The van der Waals surface area contributed by atoms with Gasteiger partial charge < -0.3 is 23.8 Å². The van der Waals surface area contributed by atoms with Crippen molar-refractivity contribution in [2.24, 2.45) is 0 Å². The van der Waals surface area contributed by atoms with Crippen molar-refractivity contribution in [3.05, 3.63) is 70.2 Å². The van der Waals surface area contributed by atoms with Crippen LogP contribution in [0.5, 0.6) is 11.5 Å². The van der Waals surface area contributed by atoms with Crippen molar-refractivity contribution in [2.75, 3.05) is 20.8 Å². The van der Waals surface area contributed by atoms with Crippen molar-refractivity contribution >= 4 is 27.8 Å². The van der Waals surface area contributed by atoms with Gasteiger partial charge in [0.25, 0.3) is 0 Å². The third-order valence-electron chi connectivity index (χ3n) is 5.63. The highest BCUT2D eigenvalue weighted by Gasteiger charge is 2.12. The predicted molar refractivity (Wildman–Crippen MR) is 124 cm³/mol. The molecule has 7 heteroatoms. The Morgan fingerprint density at radius 1 is 1.09 bits per heavy atom. The van der Waals surface area contributed by atoms with Crippen LogP contribution >= 0.6 is 0 Å². The minimum atomic E-state index is -0.390. The van der Waals surface area contributed by atoms with Crippen LogP contribution in [0, 0.1) is 6.92 Å². The summed E-state index contributed by atoms with van der Waals surface area (Å²) in [5.74, 6) is 1.40. The molecule has 0 aliphatic rings. The van der Waals surface area contributed by atoms with Crippen molar-refractivity contribution in [2.45, 2.75) is 26.3 Å². The number of fused-ring (bicyclic) bond motifs is 2. The number of methoxy groups -OCH3 is 2. The van der Waals surface area contributed by atoms with E-state index in [1.54, 1.807) is 20.3 Å². The number of nitrogens with zero attached hydrogens (tertiary/aromatic N) is 1. The Bertz CT molecular complexity index is 1340. The molecule has 4 aromatic rings. The molecule has 0 aliphatic carbocycles. The molecule has 7 nitrogen and oxygen atoms in total. The second-order valence-corrected chi connectivity index (χ2v) is 7.69. The molecule has 0 fully saturated rings. The second-order valence-electron chi connectivity index (χ2n) is 7.69. The Morgan fingerprint density at radius 3 is 2.72 bits per heavy atom. The summed E-state index contributed by atoms with van der Waals surface area (Å²) in [6.45, 7) is 3.08. The number of nitrogens with one attached hydrogen (secondary N) is 1. The minimum Gasteiger partial charge on any atom is -0.497 e. The number of ether oxygens (including phenoxy) is 2. The van der Waals surface area contributed by atoms with Crippen LogP contribution in [0.4, 0.5) is 0 Å². The number of amides is 1. The fourth-order valence-electron chi connectivity index (χ4n) is 3.93. The van der Waals surface area contributed by atoms with Crippen LogP contribution in [0.25, 0.3) is 21.9 Å². The number of hydrogen-bond donors (Lipinski definition) is 1. The lowest BCUT2D eigenvalue weighted by atomic mass is 10.0. The summed E-state index contributed by atoms with van der Waals surface area (Å²) >= 11 is 0. The fourth-order valence-corrected chi connectivity index (χ4v) is 3.93. The number of aryl methyl sites for hydroxylation is 2. The van der Waals surface area contributed by atoms with Crippen LogP contribution in [0.1, 0.15) is 17.5 Å². The molecule has 0 atom stereocenters. The minimum absolute atomic E-state index is 0.0263. The second kappa shape index (κ2) is 9.18. The topological polar surface area (TPSA) is 82.7 Å². The number of carbonyl (C=O) groups excluding carboxylic acids is 1. The van der Waals surface area contributed by atoms with E-state index in [0.29, 0.717) is 37.3 Å². The molecule has 32 heavy (non-hydrogen) atoms. The van der Waals surface area contributed by atoms with Crippen molar-refractivity contribution in [3.8, 4) is 11.5 Å². The van der Waals surface area contributed by atoms with Gasteiger partial charge in [0, 0.05) is 54.1 Å². The lowest BCUT2D eigenvalue weighted by Crippen LogP contribution is -2.27. The van der Waals surface area contributed by atoms with E-state index in [-0.39, 0.29) is 5.91 Å². The van der Waals surface area contributed by atoms with E-state index in [1.807, 2.05) is 43.5 Å². The maximum atomic E-state index is 12.4. The number of aromatic nitrogens is 1. The summed E-state index contributed by atoms with van der Waals surface area (Å²) in [6.07, 6.45) is 2.87. The molecule has 0 aliphatic heterocycles. The fraction of sp³-hybridized carbons (Fsp3) is 0.280.